The van der Waals surface area contributed by atoms with Crippen LogP contribution in [0.15, 0.2) is 41.6 Å². The number of pyridine rings is 1. The van der Waals surface area contributed by atoms with Crippen molar-refractivity contribution in [3.05, 3.63) is 52.3 Å². The topological polar surface area (TPSA) is 128 Å². The lowest BCUT2D eigenvalue weighted by molar-refractivity contribution is -0.387. The van der Waals surface area contributed by atoms with E-state index >= 15 is 0 Å². The highest BCUT2D eigenvalue weighted by atomic mass is 32.2. The molecule has 2 rings (SSSR count). The first-order chi connectivity index (χ1) is 9.81. The first-order valence-corrected chi connectivity index (χ1v) is 7.27. The Labute approximate surface area is 120 Å². The number of benzene rings is 1. The minimum absolute atomic E-state index is 0.109. The van der Waals surface area contributed by atoms with Gasteiger partial charge in [-0.3, -0.25) is 19.8 Å². The fraction of sp³-hybridized carbons (Fsp3) is 0.0833. The molecule has 0 spiro atoms. The van der Waals surface area contributed by atoms with Gasteiger partial charge in [0.1, 0.15) is 0 Å². The van der Waals surface area contributed by atoms with Gasteiger partial charge < -0.3 is 5.73 Å². The van der Waals surface area contributed by atoms with E-state index in [1.807, 2.05) is 0 Å². The lowest BCUT2D eigenvalue weighted by atomic mass is 10.3. The van der Waals surface area contributed by atoms with Gasteiger partial charge in [0.05, 0.1) is 16.8 Å². The predicted molar refractivity (Wildman–Crippen MR) is 77.3 cm³/mol. The number of nitro groups is 1. The summed E-state index contributed by atoms with van der Waals surface area (Å²) >= 11 is 0. The van der Waals surface area contributed by atoms with Gasteiger partial charge >= 0.3 is 0 Å². The van der Waals surface area contributed by atoms with E-state index in [0.717, 1.165) is 12.1 Å². The van der Waals surface area contributed by atoms with E-state index in [1.165, 1.54) is 18.5 Å². The van der Waals surface area contributed by atoms with E-state index in [2.05, 4.69) is 9.71 Å². The van der Waals surface area contributed by atoms with Crippen molar-refractivity contribution in [3.63, 3.8) is 0 Å². The SMILES string of the molecule is Cc1ccncc1NS(=O)(=O)c1ccc(N)cc1[N+](=O)[O-]. The molecule has 0 fully saturated rings. The smallest absolute Gasteiger partial charge is 0.291 e. The molecule has 0 radical (unpaired) electrons. The van der Waals surface area contributed by atoms with E-state index in [-0.39, 0.29) is 11.4 Å². The van der Waals surface area contributed by atoms with Gasteiger partial charge in [-0.1, -0.05) is 0 Å². The molecule has 110 valence electrons. The molecular weight excluding hydrogens is 296 g/mol. The normalized spacial score (nSPS) is 11.1. The molecule has 9 heteroatoms. The maximum atomic E-state index is 12.3. The Bertz CT molecular complexity index is 805. The van der Waals surface area contributed by atoms with Crippen LogP contribution in [0.3, 0.4) is 0 Å². The maximum Gasteiger partial charge on any atom is 0.291 e. The number of nitrogens with two attached hydrogens (primary N) is 1. The quantitative estimate of drug-likeness (QED) is 0.502. The summed E-state index contributed by atoms with van der Waals surface area (Å²) in [6.45, 7) is 1.69. The molecule has 0 aliphatic carbocycles. The Morgan fingerprint density at radius 1 is 1.33 bits per heavy atom. The zero-order valence-electron chi connectivity index (χ0n) is 11.0. The predicted octanol–water partition coefficient (Wildman–Crippen LogP) is 1.68. The van der Waals surface area contributed by atoms with Crippen LogP contribution in [-0.4, -0.2) is 18.3 Å². The molecule has 0 atom stereocenters. The monoisotopic (exact) mass is 308 g/mol. The lowest BCUT2D eigenvalue weighted by Crippen LogP contribution is -2.15. The van der Waals surface area contributed by atoms with Crippen molar-refractivity contribution >= 4 is 27.1 Å². The number of anilines is 2. The maximum absolute atomic E-state index is 12.3. The van der Waals surface area contributed by atoms with Crippen LogP contribution in [0.5, 0.6) is 0 Å². The molecule has 1 aromatic carbocycles. The van der Waals surface area contributed by atoms with Crippen LogP contribution in [-0.2, 0) is 10.0 Å². The van der Waals surface area contributed by atoms with Crippen molar-refractivity contribution in [1.29, 1.82) is 0 Å². The molecule has 8 nitrogen and oxygen atoms in total. The average molecular weight is 308 g/mol. The largest absolute Gasteiger partial charge is 0.399 e. The van der Waals surface area contributed by atoms with Gasteiger partial charge in [-0.25, -0.2) is 8.42 Å². The van der Waals surface area contributed by atoms with Crippen molar-refractivity contribution in [2.24, 2.45) is 0 Å². The Kier molecular flexibility index (Phi) is 3.76. The van der Waals surface area contributed by atoms with Gasteiger partial charge in [-0.15, -0.1) is 0 Å². The highest BCUT2D eigenvalue weighted by Crippen LogP contribution is 2.28. The molecule has 0 unspecified atom stereocenters. The number of sulfonamides is 1. The molecule has 0 bridgehead atoms. The van der Waals surface area contributed by atoms with Gasteiger partial charge in [-0.05, 0) is 30.7 Å². The second-order valence-corrected chi connectivity index (χ2v) is 5.93. The number of hydrogen-bond donors (Lipinski definition) is 2. The third kappa shape index (κ3) is 3.08. The summed E-state index contributed by atoms with van der Waals surface area (Å²) in [5.74, 6) is 0. The molecule has 0 amide bonds. The summed E-state index contributed by atoms with van der Waals surface area (Å²) in [6.07, 6.45) is 2.84. The molecule has 0 saturated heterocycles. The first-order valence-electron chi connectivity index (χ1n) is 5.78. The Hall–Kier alpha value is -2.68. The van der Waals surface area contributed by atoms with Crippen molar-refractivity contribution in [1.82, 2.24) is 4.98 Å². The van der Waals surface area contributed by atoms with Crippen LogP contribution in [0.2, 0.25) is 0 Å². The van der Waals surface area contributed by atoms with Gasteiger partial charge in [0.15, 0.2) is 4.90 Å². The van der Waals surface area contributed by atoms with Crippen LogP contribution in [0.25, 0.3) is 0 Å². The van der Waals surface area contributed by atoms with Gasteiger partial charge in [0, 0.05) is 18.0 Å². The number of rotatable bonds is 4. The summed E-state index contributed by atoms with van der Waals surface area (Å²) in [5, 5.41) is 11.0. The highest BCUT2D eigenvalue weighted by Gasteiger charge is 2.26. The fourth-order valence-electron chi connectivity index (χ4n) is 1.67. The molecular formula is C12H12N4O4S. The van der Waals surface area contributed by atoms with E-state index in [9.17, 15) is 18.5 Å². The van der Waals surface area contributed by atoms with E-state index in [0.29, 0.717) is 5.56 Å². The van der Waals surface area contributed by atoms with Gasteiger partial charge in [0.25, 0.3) is 15.7 Å². The fourth-order valence-corrected chi connectivity index (χ4v) is 2.94. The summed E-state index contributed by atoms with van der Waals surface area (Å²) in [7, 11) is -4.12. The molecule has 2 aromatic rings. The minimum atomic E-state index is -4.12. The second kappa shape index (κ2) is 5.37. The third-order valence-corrected chi connectivity index (χ3v) is 4.17. The van der Waals surface area contributed by atoms with Gasteiger partial charge in [-0.2, -0.15) is 0 Å². The summed E-state index contributed by atoms with van der Waals surface area (Å²) in [5.41, 5.74) is 5.88. The molecule has 21 heavy (non-hydrogen) atoms. The number of aromatic nitrogens is 1. The molecule has 0 aliphatic rings. The van der Waals surface area contributed by atoms with Crippen LogP contribution >= 0.6 is 0 Å². The van der Waals surface area contributed by atoms with E-state index in [4.69, 9.17) is 5.73 Å². The van der Waals surface area contributed by atoms with Crippen LogP contribution in [0.4, 0.5) is 17.1 Å². The summed E-state index contributed by atoms with van der Waals surface area (Å²) in [4.78, 5) is 13.6. The highest BCUT2D eigenvalue weighted by molar-refractivity contribution is 7.92. The third-order valence-electron chi connectivity index (χ3n) is 2.75. The first kappa shape index (κ1) is 14.7. The average Bonchev–Trinajstić information content (AvgIpc) is 2.40. The molecule has 3 N–H and O–H groups in total. The Morgan fingerprint density at radius 2 is 2.05 bits per heavy atom. The molecule has 0 saturated carbocycles. The number of nitro benzene ring substituents is 1. The summed E-state index contributed by atoms with van der Waals surface area (Å²) < 4.78 is 26.9. The standard InChI is InChI=1S/C12H12N4O4S/c1-8-4-5-14-7-10(8)15-21(19,20)12-3-2-9(13)6-11(12)16(17)18/h2-7,15H,13H2,1H3. The second-order valence-electron chi connectivity index (χ2n) is 4.28. The molecule has 1 heterocycles. The number of nitrogen functional groups attached to an aromatic ring is 1. The molecule has 1 aromatic heterocycles. The van der Waals surface area contributed by atoms with Crippen LogP contribution in [0.1, 0.15) is 5.56 Å². The van der Waals surface area contributed by atoms with Crippen molar-refractivity contribution in [3.8, 4) is 0 Å². The number of nitrogens with one attached hydrogen (secondary N) is 1. The number of nitrogens with zero attached hydrogens (tertiary/aromatic N) is 2. The van der Waals surface area contributed by atoms with Crippen molar-refractivity contribution < 1.29 is 13.3 Å². The van der Waals surface area contributed by atoms with Crippen molar-refractivity contribution in [2.45, 2.75) is 11.8 Å². The zero-order valence-corrected chi connectivity index (χ0v) is 11.8. The van der Waals surface area contributed by atoms with E-state index in [1.54, 1.807) is 13.0 Å². The van der Waals surface area contributed by atoms with Crippen molar-refractivity contribution in [2.75, 3.05) is 10.5 Å². The van der Waals surface area contributed by atoms with E-state index < -0.39 is 25.5 Å². The molecule has 0 aliphatic heterocycles. The lowest BCUT2D eigenvalue weighted by Gasteiger charge is -2.10. The van der Waals surface area contributed by atoms with Gasteiger partial charge in [0.2, 0.25) is 0 Å². The zero-order chi connectivity index (χ0) is 15.6. The number of aryl methyl sites for hydroxylation is 1. The Balaban J connectivity index is 2.50. The van der Waals surface area contributed by atoms with Crippen LogP contribution in [0, 0.1) is 17.0 Å². The summed E-state index contributed by atoms with van der Waals surface area (Å²) in [6, 6.07) is 5.01. The minimum Gasteiger partial charge on any atom is -0.399 e. The Morgan fingerprint density at radius 3 is 2.67 bits per heavy atom. The number of hydrogen-bond acceptors (Lipinski definition) is 6. The van der Waals surface area contributed by atoms with Crippen LogP contribution < -0.4 is 10.5 Å².